The molecule has 0 saturated carbocycles. The Morgan fingerprint density at radius 2 is 1.92 bits per heavy atom. The third-order valence-corrected chi connectivity index (χ3v) is 4.07. The largest absolute Gasteiger partial charge is 0.418 e. The van der Waals surface area contributed by atoms with Crippen LogP contribution in [-0.4, -0.2) is 43.7 Å². The average molecular weight is 357 g/mol. The van der Waals surface area contributed by atoms with E-state index in [-0.39, 0.29) is 17.5 Å². The lowest BCUT2D eigenvalue weighted by Gasteiger charge is -2.20. The second-order valence-corrected chi connectivity index (χ2v) is 5.93. The predicted octanol–water partition coefficient (Wildman–Crippen LogP) is 2.75. The molecule has 2 aromatic heterocycles. The Hall–Kier alpha value is -3.23. The van der Waals surface area contributed by atoms with Gasteiger partial charge in [0, 0.05) is 18.2 Å². The van der Waals surface area contributed by atoms with E-state index < -0.39 is 30.8 Å². The van der Waals surface area contributed by atoms with Crippen molar-refractivity contribution in [3.8, 4) is 11.5 Å². The summed E-state index contributed by atoms with van der Waals surface area (Å²) in [5.41, 5.74) is 0.654. The number of benzene rings is 1. The molecule has 9 heteroatoms. The van der Waals surface area contributed by atoms with E-state index in [4.69, 9.17) is 4.42 Å². The molecule has 1 aliphatic heterocycles. The Labute approximate surface area is 146 Å². The maximum atomic E-state index is 14.0. The summed E-state index contributed by atoms with van der Waals surface area (Å²) < 4.78 is 33.6. The molecule has 26 heavy (non-hydrogen) atoms. The average Bonchev–Trinajstić information content (AvgIpc) is 3.27. The van der Waals surface area contributed by atoms with Crippen LogP contribution in [0.1, 0.15) is 28.8 Å². The van der Waals surface area contributed by atoms with Gasteiger partial charge < -0.3 is 9.32 Å². The van der Waals surface area contributed by atoms with E-state index in [1.807, 2.05) is 6.07 Å². The van der Waals surface area contributed by atoms with E-state index in [9.17, 15) is 13.6 Å². The maximum Gasteiger partial charge on any atom is 0.275 e. The highest BCUT2D eigenvalue weighted by molar-refractivity contribution is 5.92. The SMILES string of the molecule is O=C(c1cccnn1)N1CC(F)(F)C[C@H]1c1nnc(-c2ccccc2)o1. The van der Waals surface area contributed by atoms with Crippen LogP contribution in [0, 0.1) is 0 Å². The summed E-state index contributed by atoms with van der Waals surface area (Å²) >= 11 is 0. The van der Waals surface area contributed by atoms with Crippen molar-refractivity contribution in [2.45, 2.75) is 18.4 Å². The van der Waals surface area contributed by atoms with Crippen molar-refractivity contribution in [1.82, 2.24) is 25.3 Å². The van der Waals surface area contributed by atoms with E-state index in [1.165, 1.54) is 18.3 Å². The molecule has 1 fully saturated rings. The number of halogens is 2. The molecule has 1 amide bonds. The van der Waals surface area contributed by atoms with Crippen molar-refractivity contribution in [3.63, 3.8) is 0 Å². The highest BCUT2D eigenvalue weighted by Gasteiger charge is 2.50. The molecular weight excluding hydrogens is 344 g/mol. The summed E-state index contributed by atoms with van der Waals surface area (Å²) in [6.07, 6.45) is 0.812. The van der Waals surface area contributed by atoms with Gasteiger partial charge in [-0.05, 0) is 24.3 Å². The minimum absolute atomic E-state index is 0.0157. The van der Waals surface area contributed by atoms with Crippen LogP contribution >= 0.6 is 0 Å². The predicted molar refractivity (Wildman–Crippen MR) is 85.1 cm³/mol. The molecule has 0 spiro atoms. The second-order valence-electron chi connectivity index (χ2n) is 5.93. The molecule has 0 aliphatic carbocycles. The van der Waals surface area contributed by atoms with Crippen LogP contribution in [0.15, 0.2) is 53.1 Å². The highest BCUT2D eigenvalue weighted by Crippen LogP contribution is 2.41. The Bertz CT molecular complexity index is 917. The molecule has 1 saturated heterocycles. The first-order valence-electron chi connectivity index (χ1n) is 7.89. The number of likely N-dealkylation sites (tertiary alicyclic amines) is 1. The normalized spacial score (nSPS) is 18.8. The third-order valence-electron chi connectivity index (χ3n) is 4.07. The molecule has 0 N–H and O–H groups in total. The van der Waals surface area contributed by atoms with Crippen molar-refractivity contribution < 1.29 is 18.0 Å². The van der Waals surface area contributed by atoms with Crippen molar-refractivity contribution >= 4 is 5.91 Å². The minimum Gasteiger partial charge on any atom is -0.418 e. The fourth-order valence-corrected chi connectivity index (χ4v) is 2.88. The molecule has 0 radical (unpaired) electrons. The van der Waals surface area contributed by atoms with Crippen LogP contribution < -0.4 is 0 Å². The number of carbonyl (C=O) groups is 1. The number of nitrogens with zero attached hydrogens (tertiary/aromatic N) is 5. The van der Waals surface area contributed by atoms with E-state index in [0.717, 1.165) is 4.90 Å². The molecule has 132 valence electrons. The zero-order chi connectivity index (χ0) is 18.1. The van der Waals surface area contributed by atoms with Gasteiger partial charge in [-0.2, -0.15) is 5.10 Å². The molecule has 1 aliphatic rings. The van der Waals surface area contributed by atoms with Crippen LogP contribution in [0.5, 0.6) is 0 Å². The number of aromatic nitrogens is 4. The summed E-state index contributed by atoms with van der Waals surface area (Å²) in [6, 6.07) is 10.9. The molecule has 0 unspecified atom stereocenters. The number of rotatable bonds is 3. The van der Waals surface area contributed by atoms with Gasteiger partial charge in [0.05, 0.1) is 6.54 Å². The number of alkyl halides is 2. The quantitative estimate of drug-likeness (QED) is 0.717. The summed E-state index contributed by atoms with van der Waals surface area (Å²) in [4.78, 5) is 13.6. The third kappa shape index (κ3) is 3.03. The van der Waals surface area contributed by atoms with Crippen LogP contribution in [0.25, 0.3) is 11.5 Å². The van der Waals surface area contributed by atoms with Gasteiger partial charge in [-0.25, -0.2) is 8.78 Å². The summed E-state index contributed by atoms with van der Waals surface area (Å²) in [5.74, 6) is -3.52. The van der Waals surface area contributed by atoms with Crippen molar-refractivity contribution in [3.05, 3.63) is 60.2 Å². The van der Waals surface area contributed by atoms with E-state index in [0.29, 0.717) is 5.56 Å². The molecule has 7 nitrogen and oxygen atoms in total. The summed E-state index contributed by atoms with van der Waals surface area (Å²) in [5, 5.41) is 15.1. The van der Waals surface area contributed by atoms with Gasteiger partial charge >= 0.3 is 0 Å². The van der Waals surface area contributed by atoms with Crippen molar-refractivity contribution in [2.24, 2.45) is 0 Å². The van der Waals surface area contributed by atoms with Crippen LogP contribution in [0.2, 0.25) is 0 Å². The first-order chi connectivity index (χ1) is 12.5. The molecule has 1 aromatic carbocycles. The Morgan fingerprint density at radius 3 is 2.65 bits per heavy atom. The fourth-order valence-electron chi connectivity index (χ4n) is 2.88. The number of carbonyl (C=O) groups excluding carboxylic acids is 1. The van der Waals surface area contributed by atoms with Gasteiger partial charge in [-0.15, -0.1) is 15.3 Å². The molecule has 3 aromatic rings. The number of amides is 1. The minimum atomic E-state index is -3.05. The Balaban J connectivity index is 1.66. The van der Waals surface area contributed by atoms with Crippen LogP contribution in [-0.2, 0) is 0 Å². The monoisotopic (exact) mass is 357 g/mol. The van der Waals surface area contributed by atoms with E-state index in [2.05, 4.69) is 20.4 Å². The summed E-state index contributed by atoms with van der Waals surface area (Å²) in [6.45, 7) is -0.740. The van der Waals surface area contributed by atoms with Crippen molar-refractivity contribution in [2.75, 3.05) is 6.54 Å². The van der Waals surface area contributed by atoms with Crippen molar-refractivity contribution in [1.29, 1.82) is 0 Å². The maximum absolute atomic E-state index is 14.0. The standard InChI is InChI=1S/C17H13F2N5O2/c18-17(19)9-13(24(10-17)16(25)12-7-4-8-20-21-12)15-23-22-14(26-15)11-5-2-1-3-6-11/h1-8,13H,9-10H2/t13-/m0/s1. The van der Waals surface area contributed by atoms with Gasteiger partial charge in [0.1, 0.15) is 6.04 Å². The highest BCUT2D eigenvalue weighted by atomic mass is 19.3. The van der Waals surface area contributed by atoms with Gasteiger partial charge in [-0.1, -0.05) is 18.2 Å². The lowest BCUT2D eigenvalue weighted by Crippen LogP contribution is -2.33. The van der Waals surface area contributed by atoms with E-state index >= 15 is 0 Å². The zero-order valence-electron chi connectivity index (χ0n) is 13.4. The Morgan fingerprint density at radius 1 is 1.12 bits per heavy atom. The Kier molecular flexibility index (Phi) is 3.90. The second kappa shape index (κ2) is 6.25. The van der Waals surface area contributed by atoms with Gasteiger partial charge in [0.25, 0.3) is 11.8 Å². The van der Waals surface area contributed by atoms with Gasteiger partial charge in [0.2, 0.25) is 11.8 Å². The van der Waals surface area contributed by atoms with Crippen LogP contribution in [0.3, 0.4) is 0 Å². The van der Waals surface area contributed by atoms with Gasteiger partial charge in [0.15, 0.2) is 5.69 Å². The topological polar surface area (TPSA) is 85.0 Å². The van der Waals surface area contributed by atoms with Gasteiger partial charge in [-0.3, -0.25) is 4.79 Å². The first kappa shape index (κ1) is 16.2. The fraction of sp³-hybridized carbons (Fsp3) is 0.235. The van der Waals surface area contributed by atoms with Crippen LogP contribution in [0.4, 0.5) is 8.78 Å². The molecule has 1 atom stereocenters. The smallest absolute Gasteiger partial charge is 0.275 e. The number of hydrogen-bond acceptors (Lipinski definition) is 6. The summed E-state index contributed by atoms with van der Waals surface area (Å²) in [7, 11) is 0. The number of hydrogen-bond donors (Lipinski definition) is 0. The molecule has 3 heterocycles. The lowest BCUT2D eigenvalue weighted by atomic mass is 10.2. The molecule has 4 rings (SSSR count). The first-order valence-corrected chi connectivity index (χ1v) is 7.89. The lowest BCUT2D eigenvalue weighted by molar-refractivity contribution is 0.0116. The van der Waals surface area contributed by atoms with E-state index in [1.54, 1.807) is 24.3 Å². The molecular formula is C17H13F2N5O2. The molecule has 0 bridgehead atoms. The zero-order valence-corrected chi connectivity index (χ0v) is 13.4.